The zero-order chi connectivity index (χ0) is 13.3. The van der Waals surface area contributed by atoms with E-state index in [1.54, 1.807) is 18.2 Å². The molecule has 2 rings (SSSR count). The van der Waals surface area contributed by atoms with Crippen molar-refractivity contribution in [2.45, 2.75) is 0 Å². The standard InChI is InChI=1S/C13H6BrCl2FO/c14-7-1-4-11(16)10(5-7)13(18)9-3-2-8(15)6-12(9)17/h1-6H. The van der Waals surface area contributed by atoms with Gasteiger partial charge in [-0.1, -0.05) is 39.1 Å². The SMILES string of the molecule is O=C(c1ccc(Cl)cc1F)c1cc(Br)ccc1Cl. The largest absolute Gasteiger partial charge is 0.288 e. The molecule has 0 radical (unpaired) electrons. The van der Waals surface area contributed by atoms with E-state index in [9.17, 15) is 9.18 Å². The number of hydrogen-bond acceptors (Lipinski definition) is 1. The van der Waals surface area contributed by atoms with E-state index in [2.05, 4.69) is 15.9 Å². The molecule has 2 aromatic carbocycles. The first kappa shape index (κ1) is 13.5. The predicted octanol–water partition coefficient (Wildman–Crippen LogP) is 5.13. The van der Waals surface area contributed by atoms with Crippen molar-refractivity contribution in [2.75, 3.05) is 0 Å². The zero-order valence-corrected chi connectivity index (χ0v) is 12.0. The van der Waals surface area contributed by atoms with Crippen LogP contribution in [-0.4, -0.2) is 5.78 Å². The summed E-state index contributed by atoms with van der Waals surface area (Å²) >= 11 is 14.8. The molecule has 0 atom stereocenters. The molecule has 0 aliphatic heterocycles. The Balaban J connectivity index is 2.51. The van der Waals surface area contributed by atoms with Gasteiger partial charge in [0.05, 0.1) is 10.6 Å². The van der Waals surface area contributed by atoms with Crippen LogP contribution < -0.4 is 0 Å². The highest BCUT2D eigenvalue weighted by Gasteiger charge is 2.17. The quantitative estimate of drug-likeness (QED) is 0.688. The Kier molecular flexibility index (Phi) is 4.05. The Morgan fingerprint density at radius 3 is 2.44 bits per heavy atom. The second-order valence-electron chi connectivity index (χ2n) is 3.58. The van der Waals surface area contributed by atoms with Gasteiger partial charge in [-0.15, -0.1) is 0 Å². The summed E-state index contributed by atoms with van der Waals surface area (Å²) in [5, 5.41) is 0.516. The van der Waals surface area contributed by atoms with Crippen LogP contribution >= 0.6 is 39.1 Å². The maximum atomic E-state index is 13.7. The summed E-state index contributed by atoms with van der Waals surface area (Å²) in [7, 11) is 0. The molecule has 0 bridgehead atoms. The third-order valence-corrected chi connectivity index (χ3v) is 3.41. The van der Waals surface area contributed by atoms with Crippen LogP contribution in [0.1, 0.15) is 15.9 Å². The van der Waals surface area contributed by atoms with Crippen LogP contribution in [0.2, 0.25) is 10.0 Å². The van der Waals surface area contributed by atoms with Crippen molar-refractivity contribution in [2.24, 2.45) is 0 Å². The average Bonchev–Trinajstić information content (AvgIpc) is 2.31. The van der Waals surface area contributed by atoms with Crippen LogP contribution in [0, 0.1) is 5.82 Å². The number of ketones is 1. The Bertz CT molecular complexity index is 628. The molecule has 18 heavy (non-hydrogen) atoms. The third-order valence-electron chi connectivity index (χ3n) is 2.35. The molecule has 1 nitrogen and oxygen atoms in total. The Labute approximate surface area is 122 Å². The first-order chi connectivity index (χ1) is 8.49. The number of carbonyl (C=O) groups excluding carboxylic acids is 1. The summed E-state index contributed by atoms with van der Waals surface area (Å²) < 4.78 is 14.4. The van der Waals surface area contributed by atoms with Crippen LogP contribution in [0.3, 0.4) is 0 Å². The molecule has 92 valence electrons. The van der Waals surface area contributed by atoms with Crippen molar-refractivity contribution in [3.8, 4) is 0 Å². The summed E-state index contributed by atoms with van der Waals surface area (Å²) in [6.45, 7) is 0. The monoisotopic (exact) mass is 346 g/mol. The van der Waals surface area contributed by atoms with Crippen LogP contribution in [0.25, 0.3) is 0 Å². The molecule has 0 aromatic heterocycles. The van der Waals surface area contributed by atoms with E-state index in [1.165, 1.54) is 12.1 Å². The van der Waals surface area contributed by atoms with Gasteiger partial charge in [0, 0.05) is 15.1 Å². The van der Waals surface area contributed by atoms with E-state index < -0.39 is 11.6 Å². The highest BCUT2D eigenvalue weighted by Crippen LogP contribution is 2.25. The van der Waals surface area contributed by atoms with Crippen molar-refractivity contribution in [3.63, 3.8) is 0 Å². The number of benzene rings is 2. The fourth-order valence-corrected chi connectivity index (χ4v) is 2.21. The molecule has 0 saturated heterocycles. The Morgan fingerprint density at radius 2 is 1.78 bits per heavy atom. The van der Waals surface area contributed by atoms with E-state index in [0.29, 0.717) is 4.47 Å². The number of halogens is 4. The van der Waals surface area contributed by atoms with Gasteiger partial charge >= 0.3 is 0 Å². The molecule has 0 aliphatic rings. The van der Waals surface area contributed by atoms with E-state index in [4.69, 9.17) is 23.2 Å². The van der Waals surface area contributed by atoms with Crippen LogP contribution in [0.15, 0.2) is 40.9 Å². The molecular formula is C13H6BrCl2FO. The van der Waals surface area contributed by atoms with Gasteiger partial charge in [-0.05, 0) is 36.4 Å². The zero-order valence-electron chi connectivity index (χ0n) is 8.88. The van der Waals surface area contributed by atoms with E-state index in [1.807, 2.05) is 0 Å². The number of rotatable bonds is 2. The molecule has 0 unspecified atom stereocenters. The first-order valence-electron chi connectivity index (χ1n) is 4.94. The lowest BCUT2D eigenvalue weighted by molar-refractivity contribution is 0.103. The minimum absolute atomic E-state index is 0.0561. The van der Waals surface area contributed by atoms with E-state index >= 15 is 0 Å². The van der Waals surface area contributed by atoms with Crippen LogP contribution in [0.4, 0.5) is 4.39 Å². The van der Waals surface area contributed by atoms with Crippen LogP contribution in [-0.2, 0) is 0 Å². The van der Waals surface area contributed by atoms with Crippen molar-refractivity contribution in [1.29, 1.82) is 0 Å². The molecule has 0 saturated carbocycles. The topological polar surface area (TPSA) is 17.1 Å². The molecule has 0 heterocycles. The fraction of sp³-hybridized carbons (Fsp3) is 0. The van der Waals surface area contributed by atoms with Gasteiger partial charge < -0.3 is 0 Å². The first-order valence-corrected chi connectivity index (χ1v) is 6.49. The minimum Gasteiger partial charge on any atom is -0.288 e. The number of carbonyl (C=O) groups is 1. The average molecular weight is 348 g/mol. The highest BCUT2D eigenvalue weighted by molar-refractivity contribution is 9.10. The van der Waals surface area contributed by atoms with Gasteiger partial charge in [0.1, 0.15) is 5.82 Å². The molecule has 5 heteroatoms. The lowest BCUT2D eigenvalue weighted by Gasteiger charge is -2.05. The van der Waals surface area contributed by atoms with E-state index in [-0.39, 0.29) is 21.2 Å². The lowest BCUT2D eigenvalue weighted by Crippen LogP contribution is -2.05. The van der Waals surface area contributed by atoms with Crippen molar-refractivity contribution < 1.29 is 9.18 Å². The Morgan fingerprint density at radius 1 is 1.06 bits per heavy atom. The Hall–Kier alpha value is -0.900. The van der Waals surface area contributed by atoms with Gasteiger partial charge in [-0.25, -0.2) is 4.39 Å². The maximum absolute atomic E-state index is 13.7. The smallest absolute Gasteiger partial charge is 0.197 e. The molecule has 0 spiro atoms. The van der Waals surface area contributed by atoms with Gasteiger partial charge in [-0.3, -0.25) is 4.79 Å². The molecular weight excluding hydrogens is 342 g/mol. The highest BCUT2D eigenvalue weighted by atomic mass is 79.9. The minimum atomic E-state index is -0.663. The second kappa shape index (κ2) is 5.39. The van der Waals surface area contributed by atoms with Crippen LogP contribution in [0.5, 0.6) is 0 Å². The molecule has 0 N–H and O–H groups in total. The normalized spacial score (nSPS) is 10.4. The van der Waals surface area contributed by atoms with E-state index in [0.717, 1.165) is 6.07 Å². The summed E-state index contributed by atoms with van der Waals surface area (Å²) in [6, 6.07) is 8.74. The van der Waals surface area contributed by atoms with Gasteiger partial charge in [0.2, 0.25) is 0 Å². The second-order valence-corrected chi connectivity index (χ2v) is 5.34. The lowest BCUT2D eigenvalue weighted by atomic mass is 10.0. The summed E-state index contributed by atoms with van der Waals surface area (Å²) in [5.74, 6) is -1.14. The van der Waals surface area contributed by atoms with Gasteiger partial charge in [0.15, 0.2) is 5.78 Å². The van der Waals surface area contributed by atoms with Gasteiger partial charge in [-0.2, -0.15) is 0 Å². The fourth-order valence-electron chi connectivity index (χ4n) is 1.49. The maximum Gasteiger partial charge on any atom is 0.197 e. The van der Waals surface area contributed by atoms with Gasteiger partial charge in [0.25, 0.3) is 0 Å². The molecule has 0 fully saturated rings. The predicted molar refractivity (Wildman–Crippen MR) is 74.0 cm³/mol. The molecule has 2 aromatic rings. The molecule has 0 amide bonds. The van der Waals surface area contributed by atoms with Crippen molar-refractivity contribution >= 4 is 44.9 Å². The summed E-state index contributed by atoms with van der Waals surface area (Å²) in [4.78, 5) is 12.2. The number of hydrogen-bond donors (Lipinski definition) is 0. The van der Waals surface area contributed by atoms with Crippen molar-refractivity contribution in [1.82, 2.24) is 0 Å². The van der Waals surface area contributed by atoms with Crippen molar-refractivity contribution in [3.05, 3.63) is 67.9 Å². The third kappa shape index (κ3) is 2.74. The molecule has 0 aliphatic carbocycles. The summed E-state index contributed by atoms with van der Waals surface area (Å²) in [6.07, 6.45) is 0. The summed E-state index contributed by atoms with van der Waals surface area (Å²) in [5.41, 5.74) is 0.187.